The molecule has 1 aliphatic carbocycles. The van der Waals surface area contributed by atoms with E-state index in [1.807, 2.05) is 0 Å². The fourth-order valence-corrected chi connectivity index (χ4v) is 3.02. The van der Waals surface area contributed by atoms with Crippen molar-refractivity contribution in [2.45, 2.75) is 77.5 Å². The molecule has 1 spiro atoms. The number of carbonyl (C=O) groups excluding carboxylic acids is 1. The van der Waals surface area contributed by atoms with Crippen LogP contribution in [0.1, 0.15) is 59.8 Å². The van der Waals surface area contributed by atoms with E-state index in [2.05, 4.69) is 37.9 Å². The van der Waals surface area contributed by atoms with Crippen LogP contribution >= 0.6 is 0 Å². The molecule has 1 heterocycles. The van der Waals surface area contributed by atoms with Gasteiger partial charge in [-0.3, -0.25) is 10.1 Å². The van der Waals surface area contributed by atoms with Crippen molar-refractivity contribution in [1.82, 2.24) is 10.2 Å². The second-order valence-electron chi connectivity index (χ2n) is 5.98. The number of rotatable bonds is 5. The van der Waals surface area contributed by atoms with Crippen LogP contribution < -0.4 is 5.32 Å². The Hall–Kier alpha value is -0.570. The lowest BCUT2D eigenvalue weighted by atomic mass is 10.0. The number of hydrogen-bond donors (Lipinski definition) is 1. The van der Waals surface area contributed by atoms with Gasteiger partial charge in [0.25, 0.3) is 0 Å². The van der Waals surface area contributed by atoms with Gasteiger partial charge in [0.2, 0.25) is 5.91 Å². The van der Waals surface area contributed by atoms with Gasteiger partial charge in [-0.1, -0.05) is 34.1 Å². The van der Waals surface area contributed by atoms with Crippen molar-refractivity contribution in [3.8, 4) is 0 Å². The Morgan fingerprint density at radius 3 is 2.47 bits per heavy atom. The quantitative estimate of drug-likeness (QED) is 0.798. The minimum atomic E-state index is -0.157. The van der Waals surface area contributed by atoms with Crippen LogP contribution in [-0.2, 0) is 4.79 Å². The molecule has 3 nitrogen and oxygen atoms in total. The first-order valence-electron chi connectivity index (χ1n) is 7.16. The maximum absolute atomic E-state index is 12.5. The zero-order chi connectivity index (χ0) is 12.6. The Labute approximate surface area is 105 Å². The van der Waals surface area contributed by atoms with Gasteiger partial charge in [-0.2, -0.15) is 0 Å². The van der Waals surface area contributed by atoms with Crippen molar-refractivity contribution in [2.75, 3.05) is 0 Å². The standard InChI is InChI=1S/C14H26N2O/c1-5-7-11(6-2)16-12(10(3)4)15-14(8-9-14)13(16)17/h10-12,15H,5-9H2,1-4H3. The maximum Gasteiger partial charge on any atom is 0.244 e. The van der Waals surface area contributed by atoms with E-state index in [1.165, 1.54) is 0 Å². The van der Waals surface area contributed by atoms with Crippen molar-refractivity contribution >= 4 is 5.91 Å². The van der Waals surface area contributed by atoms with Crippen LogP contribution in [0.15, 0.2) is 0 Å². The van der Waals surface area contributed by atoms with Gasteiger partial charge in [-0.25, -0.2) is 0 Å². The third-order valence-corrected chi connectivity index (χ3v) is 4.24. The van der Waals surface area contributed by atoms with E-state index in [0.29, 0.717) is 17.9 Å². The molecule has 1 N–H and O–H groups in total. The molecule has 0 bridgehead atoms. The molecule has 1 saturated heterocycles. The van der Waals surface area contributed by atoms with Gasteiger partial charge in [-0.05, 0) is 31.6 Å². The molecule has 2 atom stereocenters. The minimum Gasteiger partial charge on any atom is -0.322 e. The predicted molar refractivity (Wildman–Crippen MR) is 69.6 cm³/mol. The zero-order valence-electron chi connectivity index (χ0n) is 11.6. The van der Waals surface area contributed by atoms with Crippen molar-refractivity contribution in [3.63, 3.8) is 0 Å². The van der Waals surface area contributed by atoms with Crippen molar-refractivity contribution in [3.05, 3.63) is 0 Å². The summed E-state index contributed by atoms with van der Waals surface area (Å²) < 4.78 is 0. The Balaban J connectivity index is 2.18. The summed E-state index contributed by atoms with van der Waals surface area (Å²) >= 11 is 0. The highest BCUT2D eigenvalue weighted by Crippen LogP contribution is 2.44. The van der Waals surface area contributed by atoms with Crippen LogP contribution in [-0.4, -0.2) is 28.6 Å². The van der Waals surface area contributed by atoms with E-state index in [9.17, 15) is 4.79 Å². The average Bonchev–Trinajstić information content (AvgIpc) is 3.00. The highest BCUT2D eigenvalue weighted by Gasteiger charge is 2.60. The molecule has 0 radical (unpaired) electrons. The molecule has 2 unspecified atom stereocenters. The molecule has 0 aromatic carbocycles. The van der Waals surface area contributed by atoms with E-state index in [1.54, 1.807) is 0 Å². The highest BCUT2D eigenvalue weighted by molar-refractivity contribution is 5.92. The second-order valence-corrected chi connectivity index (χ2v) is 5.98. The van der Waals surface area contributed by atoms with Crippen molar-refractivity contribution in [1.29, 1.82) is 0 Å². The van der Waals surface area contributed by atoms with Gasteiger partial charge in [-0.15, -0.1) is 0 Å². The third-order valence-electron chi connectivity index (χ3n) is 4.24. The fourth-order valence-electron chi connectivity index (χ4n) is 3.02. The number of hydrogen-bond acceptors (Lipinski definition) is 2. The molecule has 0 aromatic heterocycles. The van der Waals surface area contributed by atoms with E-state index < -0.39 is 0 Å². The number of nitrogens with zero attached hydrogens (tertiary/aromatic N) is 1. The van der Waals surface area contributed by atoms with Crippen LogP contribution in [0.2, 0.25) is 0 Å². The first-order valence-corrected chi connectivity index (χ1v) is 7.16. The highest BCUT2D eigenvalue weighted by atomic mass is 16.2. The maximum atomic E-state index is 12.5. The summed E-state index contributed by atoms with van der Waals surface area (Å²) in [5.41, 5.74) is -0.157. The normalized spacial score (nSPS) is 28.2. The van der Waals surface area contributed by atoms with Crippen LogP contribution in [0.3, 0.4) is 0 Å². The summed E-state index contributed by atoms with van der Waals surface area (Å²) in [4.78, 5) is 14.7. The molecular weight excluding hydrogens is 212 g/mol. The first kappa shape index (κ1) is 12.9. The van der Waals surface area contributed by atoms with Crippen LogP contribution in [0, 0.1) is 5.92 Å². The lowest BCUT2D eigenvalue weighted by molar-refractivity contribution is -0.133. The molecule has 17 heavy (non-hydrogen) atoms. The summed E-state index contributed by atoms with van der Waals surface area (Å²) in [5, 5.41) is 3.59. The molecular formula is C14H26N2O. The van der Waals surface area contributed by atoms with Gasteiger partial charge in [0, 0.05) is 6.04 Å². The summed E-state index contributed by atoms with van der Waals surface area (Å²) in [6.45, 7) is 8.81. The van der Waals surface area contributed by atoms with E-state index >= 15 is 0 Å². The molecule has 2 aliphatic rings. The SMILES string of the molecule is CCCC(CC)N1C(=O)C2(CC2)NC1C(C)C. The molecule has 1 saturated carbocycles. The van der Waals surface area contributed by atoms with Crippen LogP contribution in [0.25, 0.3) is 0 Å². The average molecular weight is 238 g/mol. The largest absolute Gasteiger partial charge is 0.322 e. The van der Waals surface area contributed by atoms with Gasteiger partial charge < -0.3 is 4.90 Å². The van der Waals surface area contributed by atoms with E-state index in [4.69, 9.17) is 0 Å². The lowest BCUT2D eigenvalue weighted by Crippen LogP contribution is -2.47. The van der Waals surface area contributed by atoms with Gasteiger partial charge in [0.15, 0.2) is 0 Å². The monoisotopic (exact) mass is 238 g/mol. The first-order chi connectivity index (χ1) is 8.05. The molecule has 3 heteroatoms. The smallest absolute Gasteiger partial charge is 0.244 e. The fraction of sp³-hybridized carbons (Fsp3) is 0.929. The lowest BCUT2D eigenvalue weighted by Gasteiger charge is -2.34. The third kappa shape index (κ3) is 2.10. The molecule has 98 valence electrons. The van der Waals surface area contributed by atoms with Gasteiger partial charge in [0.05, 0.1) is 11.7 Å². The van der Waals surface area contributed by atoms with E-state index in [-0.39, 0.29) is 11.7 Å². The number of amides is 1. The van der Waals surface area contributed by atoms with E-state index in [0.717, 1.165) is 32.1 Å². The molecule has 2 rings (SSSR count). The molecule has 1 amide bonds. The Morgan fingerprint density at radius 2 is 2.06 bits per heavy atom. The summed E-state index contributed by atoms with van der Waals surface area (Å²) in [6, 6.07) is 0.423. The Kier molecular flexibility index (Phi) is 3.48. The molecule has 2 fully saturated rings. The van der Waals surface area contributed by atoms with Crippen LogP contribution in [0.5, 0.6) is 0 Å². The number of carbonyl (C=O) groups is 1. The Morgan fingerprint density at radius 1 is 1.41 bits per heavy atom. The number of nitrogens with one attached hydrogen (secondary N) is 1. The van der Waals surface area contributed by atoms with Crippen molar-refractivity contribution in [2.24, 2.45) is 5.92 Å². The summed E-state index contributed by atoms with van der Waals surface area (Å²) in [6.07, 6.45) is 5.67. The predicted octanol–water partition coefficient (Wildman–Crippen LogP) is 2.51. The molecule has 1 aliphatic heterocycles. The van der Waals surface area contributed by atoms with Crippen molar-refractivity contribution < 1.29 is 4.79 Å². The second kappa shape index (κ2) is 4.60. The molecule has 0 aromatic rings. The van der Waals surface area contributed by atoms with Gasteiger partial charge in [0.1, 0.15) is 0 Å². The summed E-state index contributed by atoms with van der Waals surface area (Å²) in [7, 11) is 0. The topological polar surface area (TPSA) is 32.3 Å². The minimum absolute atomic E-state index is 0.157. The summed E-state index contributed by atoms with van der Waals surface area (Å²) in [5.74, 6) is 0.862. The van der Waals surface area contributed by atoms with Crippen LogP contribution in [0.4, 0.5) is 0 Å². The van der Waals surface area contributed by atoms with Gasteiger partial charge >= 0.3 is 0 Å². The zero-order valence-corrected chi connectivity index (χ0v) is 11.6. The Bertz CT molecular complexity index is 297.